The zero-order chi connectivity index (χ0) is 12.4. The van der Waals surface area contributed by atoms with Crippen LogP contribution in [0.15, 0.2) is 0 Å². The summed E-state index contributed by atoms with van der Waals surface area (Å²) in [6.45, 7) is 3.93. The molecule has 2 aliphatic heterocycles. The van der Waals surface area contributed by atoms with Crippen LogP contribution in [0.25, 0.3) is 0 Å². The van der Waals surface area contributed by atoms with Crippen molar-refractivity contribution < 1.29 is 19.0 Å². The van der Waals surface area contributed by atoms with Crippen molar-refractivity contribution in [3.05, 3.63) is 0 Å². The molecule has 3 fully saturated rings. The predicted octanol–water partition coefficient (Wildman–Crippen LogP) is 0.778. The molecule has 3 rings (SSSR count). The van der Waals surface area contributed by atoms with Crippen LogP contribution < -0.4 is 0 Å². The molecule has 0 radical (unpaired) electrons. The number of hydrogen-bond donors (Lipinski definition) is 0. The van der Waals surface area contributed by atoms with Gasteiger partial charge in [0.15, 0.2) is 5.79 Å². The standard InChI is InChI=1S/C13H21NO4/c15-12(14-5-7-16-8-6-14)11-3-1-2-4-13(11)17-9-10-18-13/h11H,1-10H2. The Bertz CT molecular complexity index is 308. The minimum Gasteiger partial charge on any atom is -0.378 e. The number of carbonyl (C=O) groups is 1. The third-order valence-corrected chi connectivity index (χ3v) is 4.20. The van der Waals surface area contributed by atoms with E-state index < -0.39 is 5.79 Å². The zero-order valence-electron chi connectivity index (χ0n) is 10.7. The Balaban J connectivity index is 1.73. The molecule has 3 aliphatic rings. The number of morpholine rings is 1. The third kappa shape index (κ3) is 2.15. The first kappa shape index (κ1) is 12.4. The van der Waals surface area contributed by atoms with E-state index in [-0.39, 0.29) is 11.8 Å². The number of ether oxygens (including phenoxy) is 3. The first-order valence-corrected chi connectivity index (χ1v) is 6.96. The van der Waals surface area contributed by atoms with Crippen molar-refractivity contribution in [3.63, 3.8) is 0 Å². The molecular formula is C13H21NO4. The lowest BCUT2D eigenvalue weighted by Gasteiger charge is -2.41. The van der Waals surface area contributed by atoms with Crippen molar-refractivity contribution in [2.75, 3.05) is 39.5 Å². The number of rotatable bonds is 1. The minimum absolute atomic E-state index is 0.119. The van der Waals surface area contributed by atoms with Crippen molar-refractivity contribution in [1.29, 1.82) is 0 Å². The molecule has 1 unspecified atom stereocenters. The molecule has 0 aromatic heterocycles. The Morgan fingerprint density at radius 2 is 1.78 bits per heavy atom. The highest BCUT2D eigenvalue weighted by Gasteiger charge is 2.50. The van der Waals surface area contributed by atoms with Crippen LogP contribution in [0.3, 0.4) is 0 Å². The van der Waals surface area contributed by atoms with Gasteiger partial charge in [-0.1, -0.05) is 6.42 Å². The van der Waals surface area contributed by atoms with E-state index in [0.29, 0.717) is 39.5 Å². The Morgan fingerprint density at radius 3 is 2.50 bits per heavy atom. The highest BCUT2D eigenvalue weighted by molar-refractivity contribution is 5.80. The molecule has 2 saturated heterocycles. The van der Waals surface area contributed by atoms with Crippen LogP contribution in [-0.2, 0) is 19.0 Å². The van der Waals surface area contributed by atoms with Crippen LogP contribution in [-0.4, -0.2) is 56.1 Å². The maximum Gasteiger partial charge on any atom is 0.231 e. The van der Waals surface area contributed by atoms with Crippen molar-refractivity contribution in [3.8, 4) is 0 Å². The molecule has 2 heterocycles. The van der Waals surface area contributed by atoms with Crippen molar-refractivity contribution in [1.82, 2.24) is 4.90 Å². The summed E-state index contributed by atoms with van der Waals surface area (Å²) in [6.07, 6.45) is 3.92. The molecule has 1 amide bonds. The lowest BCUT2D eigenvalue weighted by atomic mass is 9.82. The molecule has 0 N–H and O–H groups in total. The first-order chi connectivity index (χ1) is 8.82. The average Bonchev–Trinajstić information content (AvgIpc) is 2.88. The maximum absolute atomic E-state index is 12.6. The molecule has 1 saturated carbocycles. The summed E-state index contributed by atoms with van der Waals surface area (Å²) < 4.78 is 16.9. The Labute approximate surface area is 107 Å². The van der Waals surface area contributed by atoms with Gasteiger partial charge in [-0.15, -0.1) is 0 Å². The van der Waals surface area contributed by atoms with Gasteiger partial charge in [0, 0.05) is 19.5 Å². The normalized spacial score (nSPS) is 31.8. The van der Waals surface area contributed by atoms with Gasteiger partial charge in [0.1, 0.15) is 0 Å². The molecule has 1 atom stereocenters. The second-order valence-corrected chi connectivity index (χ2v) is 5.24. The van der Waals surface area contributed by atoms with E-state index in [1.165, 1.54) is 0 Å². The Morgan fingerprint density at radius 1 is 1.06 bits per heavy atom. The van der Waals surface area contributed by atoms with E-state index in [4.69, 9.17) is 14.2 Å². The van der Waals surface area contributed by atoms with E-state index in [1.807, 2.05) is 4.90 Å². The van der Waals surface area contributed by atoms with Crippen molar-refractivity contribution in [2.45, 2.75) is 31.5 Å². The zero-order valence-corrected chi connectivity index (χ0v) is 10.7. The summed E-state index contributed by atoms with van der Waals surface area (Å²) in [5.41, 5.74) is 0. The summed E-state index contributed by atoms with van der Waals surface area (Å²) in [4.78, 5) is 14.5. The Kier molecular flexibility index (Phi) is 3.54. The van der Waals surface area contributed by atoms with Crippen LogP contribution in [0.1, 0.15) is 25.7 Å². The predicted molar refractivity (Wildman–Crippen MR) is 64.0 cm³/mol. The highest BCUT2D eigenvalue weighted by atomic mass is 16.7. The van der Waals surface area contributed by atoms with Gasteiger partial charge in [-0.3, -0.25) is 4.79 Å². The van der Waals surface area contributed by atoms with E-state index in [0.717, 1.165) is 25.7 Å². The summed E-state index contributed by atoms with van der Waals surface area (Å²) >= 11 is 0. The van der Waals surface area contributed by atoms with Crippen LogP contribution in [0, 0.1) is 5.92 Å². The van der Waals surface area contributed by atoms with Gasteiger partial charge in [-0.05, 0) is 12.8 Å². The number of amides is 1. The van der Waals surface area contributed by atoms with Crippen LogP contribution >= 0.6 is 0 Å². The summed E-state index contributed by atoms with van der Waals surface area (Å²) in [6, 6.07) is 0. The van der Waals surface area contributed by atoms with Crippen LogP contribution in [0.5, 0.6) is 0 Å². The lowest BCUT2D eigenvalue weighted by molar-refractivity contribution is -0.217. The van der Waals surface area contributed by atoms with Gasteiger partial charge < -0.3 is 19.1 Å². The number of hydrogen-bond acceptors (Lipinski definition) is 4. The first-order valence-electron chi connectivity index (χ1n) is 6.96. The molecular weight excluding hydrogens is 234 g/mol. The van der Waals surface area contributed by atoms with E-state index in [2.05, 4.69) is 0 Å². The fourth-order valence-corrected chi connectivity index (χ4v) is 3.25. The van der Waals surface area contributed by atoms with E-state index >= 15 is 0 Å². The van der Waals surface area contributed by atoms with Crippen molar-refractivity contribution in [2.24, 2.45) is 5.92 Å². The number of carbonyl (C=O) groups excluding carboxylic acids is 1. The third-order valence-electron chi connectivity index (χ3n) is 4.20. The molecule has 0 aromatic rings. The Hall–Kier alpha value is -0.650. The summed E-state index contributed by atoms with van der Waals surface area (Å²) in [7, 11) is 0. The second kappa shape index (κ2) is 5.15. The molecule has 0 aromatic carbocycles. The van der Waals surface area contributed by atoms with Gasteiger partial charge in [0.05, 0.1) is 32.3 Å². The molecule has 5 heteroatoms. The molecule has 1 aliphatic carbocycles. The molecule has 18 heavy (non-hydrogen) atoms. The van der Waals surface area contributed by atoms with Gasteiger partial charge in [-0.2, -0.15) is 0 Å². The van der Waals surface area contributed by atoms with Gasteiger partial charge in [-0.25, -0.2) is 0 Å². The fraction of sp³-hybridized carbons (Fsp3) is 0.923. The topological polar surface area (TPSA) is 48.0 Å². The number of nitrogens with zero attached hydrogens (tertiary/aromatic N) is 1. The smallest absolute Gasteiger partial charge is 0.231 e. The van der Waals surface area contributed by atoms with E-state index in [9.17, 15) is 4.79 Å². The largest absolute Gasteiger partial charge is 0.378 e. The highest BCUT2D eigenvalue weighted by Crippen LogP contribution is 2.41. The van der Waals surface area contributed by atoms with E-state index in [1.54, 1.807) is 0 Å². The summed E-state index contributed by atoms with van der Waals surface area (Å²) in [5, 5.41) is 0. The molecule has 102 valence electrons. The minimum atomic E-state index is -0.617. The fourth-order valence-electron chi connectivity index (χ4n) is 3.25. The quantitative estimate of drug-likeness (QED) is 0.694. The van der Waals surface area contributed by atoms with Crippen molar-refractivity contribution >= 4 is 5.91 Å². The maximum atomic E-state index is 12.6. The SMILES string of the molecule is O=C(C1CCCCC12OCCO2)N1CCOCC1. The molecule has 0 bridgehead atoms. The van der Waals surface area contributed by atoms with Gasteiger partial charge in [0.25, 0.3) is 0 Å². The molecule has 1 spiro atoms. The monoisotopic (exact) mass is 255 g/mol. The van der Waals surface area contributed by atoms with Gasteiger partial charge in [0.2, 0.25) is 5.91 Å². The summed E-state index contributed by atoms with van der Waals surface area (Å²) in [5.74, 6) is -0.542. The lowest BCUT2D eigenvalue weighted by Crippen LogP contribution is -2.53. The van der Waals surface area contributed by atoms with Crippen LogP contribution in [0.4, 0.5) is 0 Å². The molecule has 5 nitrogen and oxygen atoms in total. The van der Waals surface area contributed by atoms with Gasteiger partial charge >= 0.3 is 0 Å². The van der Waals surface area contributed by atoms with Crippen LogP contribution in [0.2, 0.25) is 0 Å². The second-order valence-electron chi connectivity index (χ2n) is 5.24. The average molecular weight is 255 g/mol.